The van der Waals surface area contributed by atoms with Crippen molar-refractivity contribution in [2.75, 3.05) is 19.0 Å². The highest BCUT2D eigenvalue weighted by Crippen LogP contribution is 2.30. The Bertz CT molecular complexity index is 1650. The number of fused-ring (bicyclic) bond motifs is 1. The van der Waals surface area contributed by atoms with Gasteiger partial charge < -0.3 is 4.74 Å². The van der Waals surface area contributed by atoms with Gasteiger partial charge in [0.1, 0.15) is 5.52 Å². The summed E-state index contributed by atoms with van der Waals surface area (Å²) in [6.45, 7) is -0.748. The Hall–Kier alpha value is -3.52. The average molecular weight is 584 g/mol. The number of anilines is 1. The molecule has 1 aromatic heterocycles. The van der Waals surface area contributed by atoms with Gasteiger partial charge in [-0.1, -0.05) is 53.3 Å². The quantitative estimate of drug-likeness (QED) is 0.232. The Kier molecular flexibility index (Phi) is 8.02. The summed E-state index contributed by atoms with van der Waals surface area (Å²) >= 11 is 6.75. The standard InChI is InChI=1S/C24H17ClF3N3O5S2/c1-31(11-13-5-3-2-4-6-13)38(34,35)14-7-8-16(25)15(9-14)23(33)36-12-19(32)29-24-30-22-18(37-24)10-17(26)20(27)21(22)28/h2-10H,11-12H2,1H3,(H,29,30,32). The molecule has 4 aromatic rings. The number of ether oxygens (including phenoxy) is 1. The van der Waals surface area contributed by atoms with Crippen LogP contribution in [-0.4, -0.2) is 43.2 Å². The summed E-state index contributed by atoms with van der Waals surface area (Å²) in [6.07, 6.45) is 0. The SMILES string of the molecule is CN(Cc1ccccc1)S(=O)(=O)c1ccc(Cl)c(C(=O)OCC(=O)Nc2nc3c(F)c(F)c(F)cc3s2)c1. The third-order valence-corrected chi connectivity index (χ3v) is 8.26. The van der Waals surface area contributed by atoms with Crippen LogP contribution in [0.1, 0.15) is 15.9 Å². The Labute approximate surface area is 223 Å². The number of carbonyl (C=O) groups excluding carboxylic acids is 2. The smallest absolute Gasteiger partial charge is 0.340 e. The minimum Gasteiger partial charge on any atom is -0.452 e. The highest BCUT2D eigenvalue weighted by atomic mass is 35.5. The van der Waals surface area contributed by atoms with E-state index in [4.69, 9.17) is 16.3 Å². The largest absolute Gasteiger partial charge is 0.452 e. The summed E-state index contributed by atoms with van der Waals surface area (Å²) in [5.74, 6) is -6.56. The Morgan fingerprint density at radius 2 is 1.79 bits per heavy atom. The van der Waals surface area contributed by atoms with Crippen molar-refractivity contribution in [3.8, 4) is 0 Å². The lowest BCUT2D eigenvalue weighted by atomic mass is 10.2. The second-order valence-corrected chi connectivity index (χ2v) is 11.3. The van der Waals surface area contributed by atoms with Crippen LogP contribution in [0.5, 0.6) is 0 Å². The van der Waals surface area contributed by atoms with Crippen LogP contribution < -0.4 is 5.32 Å². The number of benzene rings is 3. The molecule has 0 spiro atoms. The topological polar surface area (TPSA) is 106 Å². The zero-order chi connectivity index (χ0) is 27.6. The Morgan fingerprint density at radius 3 is 2.50 bits per heavy atom. The van der Waals surface area contributed by atoms with Gasteiger partial charge in [-0.05, 0) is 29.8 Å². The van der Waals surface area contributed by atoms with E-state index < -0.39 is 51.5 Å². The van der Waals surface area contributed by atoms with Gasteiger partial charge >= 0.3 is 5.97 Å². The third kappa shape index (κ3) is 5.80. The monoisotopic (exact) mass is 583 g/mol. The lowest BCUT2D eigenvalue weighted by Gasteiger charge is -2.18. The molecule has 1 heterocycles. The lowest BCUT2D eigenvalue weighted by Crippen LogP contribution is -2.27. The summed E-state index contributed by atoms with van der Waals surface area (Å²) in [5, 5.41) is 1.95. The fourth-order valence-electron chi connectivity index (χ4n) is 3.32. The molecule has 0 unspecified atom stereocenters. The van der Waals surface area contributed by atoms with Gasteiger partial charge in [0, 0.05) is 13.6 Å². The number of halogens is 4. The van der Waals surface area contributed by atoms with Gasteiger partial charge in [0.25, 0.3) is 5.91 Å². The summed E-state index contributed by atoms with van der Waals surface area (Å²) < 4.78 is 72.7. The summed E-state index contributed by atoms with van der Waals surface area (Å²) in [7, 11) is -2.62. The van der Waals surface area contributed by atoms with E-state index >= 15 is 0 Å². The maximum absolute atomic E-state index is 13.9. The van der Waals surface area contributed by atoms with Crippen molar-refractivity contribution < 1.29 is 35.9 Å². The van der Waals surface area contributed by atoms with Gasteiger partial charge in [0.2, 0.25) is 10.0 Å². The van der Waals surface area contributed by atoms with Crippen LogP contribution >= 0.6 is 22.9 Å². The van der Waals surface area contributed by atoms with Crippen molar-refractivity contribution in [1.29, 1.82) is 0 Å². The molecular formula is C24H17ClF3N3O5S2. The number of hydrogen-bond acceptors (Lipinski definition) is 7. The maximum Gasteiger partial charge on any atom is 0.340 e. The number of esters is 1. The number of amides is 1. The maximum atomic E-state index is 13.9. The Morgan fingerprint density at radius 1 is 1.08 bits per heavy atom. The minimum absolute atomic E-state index is 0.0456. The molecule has 0 saturated heterocycles. The number of hydrogen-bond donors (Lipinski definition) is 1. The molecule has 0 fully saturated rings. The molecule has 8 nitrogen and oxygen atoms in total. The van der Waals surface area contributed by atoms with Crippen LogP contribution in [0.3, 0.4) is 0 Å². The predicted molar refractivity (Wildman–Crippen MR) is 135 cm³/mol. The molecule has 4 rings (SSSR count). The highest BCUT2D eigenvalue weighted by Gasteiger charge is 2.25. The van der Waals surface area contributed by atoms with Crippen molar-refractivity contribution in [2.45, 2.75) is 11.4 Å². The van der Waals surface area contributed by atoms with Crippen LogP contribution in [-0.2, 0) is 26.1 Å². The molecule has 0 bridgehead atoms. The first-order valence-corrected chi connectivity index (χ1v) is 13.3. The normalized spacial score (nSPS) is 11.6. The van der Waals surface area contributed by atoms with Gasteiger partial charge in [-0.2, -0.15) is 4.31 Å². The summed E-state index contributed by atoms with van der Waals surface area (Å²) in [4.78, 5) is 28.3. The number of thiazole rings is 1. The first-order chi connectivity index (χ1) is 18.0. The van der Waals surface area contributed by atoms with Crippen molar-refractivity contribution in [3.63, 3.8) is 0 Å². The van der Waals surface area contributed by atoms with E-state index in [9.17, 15) is 31.2 Å². The van der Waals surface area contributed by atoms with Gasteiger partial charge in [-0.25, -0.2) is 31.4 Å². The number of rotatable bonds is 8. The molecule has 0 atom stereocenters. The predicted octanol–water partition coefficient (Wildman–Crippen LogP) is 4.98. The van der Waals surface area contributed by atoms with Gasteiger partial charge in [-0.3, -0.25) is 10.1 Å². The zero-order valence-corrected chi connectivity index (χ0v) is 21.8. The molecule has 38 heavy (non-hydrogen) atoms. The first kappa shape index (κ1) is 27.5. The number of nitrogens with one attached hydrogen (secondary N) is 1. The summed E-state index contributed by atoms with van der Waals surface area (Å²) in [5.41, 5.74) is -0.00536. The number of carbonyl (C=O) groups is 2. The van der Waals surface area contributed by atoms with Gasteiger partial charge in [-0.15, -0.1) is 0 Å². The average Bonchev–Trinajstić information content (AvgIpc) is 3.28. The van der Waals surface area contributed by atoms with Crippen molar-refractivity contribution in [2.24, 2.45) is 0 Å². The third-order valence-electron chi connectivity index (χ3n) is 5.22. The molecule has 0 aliphatic carbocycles. The second-order valence-electron chi connectivity index (χ2n) is 7.86. The lowest BCUT2D eigenvalue weighted by molar-refractivity contribution is -0.119. The van der Waals surface area contributed by atoms with Gasteiger partial charge in [0.15, 0.2) is 29.2 Å². The molecule has 0 radical (unpaired) electrons. The van der Waals surface area contributed by atoms with Crippen LogP contribution in [0, 0.1) is 17.5 Å². The molecular weight excluding hydrogens is 567 g/mol. The summed E-state index contributed by atoms with van der Waals surface area (Å²) in [6, 6.07) is 13.1. The van der Waals surface area contributed by atoms with E-state index in [0.29, 0.717) is 11.3 Å². The van der Waals surface area contributed by atoms with Gasteiger partial charge in [0.05, 0.1) is 20.2 Å². The van der Waals surface area contributed by atoms with Crippen molar-refractivity contribution in [1.82, 2.24) is 9.29 Å². The second kappa shape index (κ2) is 11.1. The fourth-order valence-corrected chi connectivity index (χ4v) is 5.60. The number of nitrogens with zero attached hydrogens (tertiary/aromatic N) is 2. The van der Waals surface area contributed by atoms with Crippen LogP contribution in [0.2, 0.25) is 5.02 Å². The molecule has 0 aliphatic heterocycles. The molecule has 0 aliphatic rings. The number of aromatic nitrogens is 1. The van der Waals surface area contributed by atoms with Crippen molar-refractivity contribution >= 4 is 60.2 Å². The molecule has 1 N–H and O–H groups in total. The number of sulfonamides is 1. The molecule has 14 heteroatoms. The zero-order valence-electron chi connectivity index (χ0n) is 19.4. The molecule has 3 aromatic carbocycles. The van der Waals surface area contributed by atoms with E-state index in [0.717, 1.165) is 22.0 Å². The van der Waals surface area contributed by atoms with E-state index in [1.807, 2.05) is 0 Å². The molecule has 198 valence electrons. The van der Waals surface area contributed by atoms with Crippen LogP contribution in [0.25, 0.3) is 10.2 Å². The van der Waals surface area contributed by atoms with E-state index in [-0.39, 0.29) is 31.9 Å². The van der Waals surface area contributed by atoms with E-state index in [1.54, 1.807) is 30.3 Å². The molecule has 1 amide bonds. The first-order valence-electron chi connectivity index (χ1n) is 10.7. The molecule has 0 saturated carbocycles. The minimum atomic E-state index is -4.01. The van der Waals surface area contributed by atoms with Crippen LogP contribution in [0.4, 0.5) is 18.3 Å². The van der Waals surface area contributed by atoms with Crippen LogP contribution in [0.15, 0.2) is 59.5 Å². The van der Waals surface area contributed by atoms with E-state index in [1.165, 1.54) is 19.2 Å². The fraction of sp³-hybridized carbons (Fsp3) is 0.125. The highest BCUT2D eigenvalue weighted by molar-refractivity contribution is 7.89. The Balaban J connectivity index is 1.43. The van der Waals surface area contributed by atoms with Crippen molar-refractivity contribution in [3.05, 3.63) is 88.2 Å². The van der Waals surface area contributed by atoms with E-state index in [2.05, 4.69) is 10.3 Å².